The van der Waals surface area contributed by atoms with Gasteiger partial charge in [-0.2, -0.15) is 5.10 Å². The molecule has 0 amide bonds. The smallest absolute Gasteiger partial charge is 0.0652 e. The van der Waals surface area contributed by atoms with Gasteiger partial charge in [-0.1, -0.05) is 13.8 Å². The summed E-state index contributed by atoms with van der Waals surface area (Å²) in [4.78, 5) is 0. The molecule has 0 aromatic carbocycles. The van der Waals surface area contributed by atoms with Crippen molar-refractivity contribution in [2.45, 2.75) is 39.2 Å². The molecular weight excluding hydrogens is 162 g/mol. The van der Waals surface area contributed by atoms with Crippen molar-refractivity contribution >= 4 is 0 Å². The zero-order valence-electron chi connectivity index (χ0n) is 8.91. The second kappa shape index (κ2) is 3.92. The normalized spacial score (nSPS) is 13.7. The van der Waals surface area contributed by atoms with Crippen molar-refractivity contribution in [1.29, 1.82) is 0 Å². The Labute approximate surface area is 79.9 Å². The van der Waals surface area contributed by atoms with Gasteiger partial charge in [0.15, 0.2) is 0 Å². The largest absolute Gasteiger partial charge is 0.328 e. The summed E-state index contributed by atoms with van der Waals surface area (Å²) in [6.45, 7) is 6.32. The first-order chi connectivity index (χ1) is 6.00. The molecule has 1 unspecified atom stereocenters. The molecule has 0 aliphatic heterocycles. The lowest BCUT2D eigenvalue weighted by atomic mass is 10.1. The lowest BCUT2D eigenvalue weighted by Crippen LogP contribution is -2.19. The topological polar surface area (TPSA) is 43.8 Å². The number of nitrogens with zero attached hydrogens (tertiary/aromatic N) is 2. The summed E-state index contributed by atoms with van der Waals surface area (Å²) in [5, 5.41) is 4.42. The molecule has 0 aliphatic rings. The van der Waals surface area contributed by atoms with Gasteiger partial charge in [-0.25, -0.2) is 0 Å². The predicted molar refractivity (Wildman–Crippen MR) is 54.7 cm³/mol. The van der Waals surface area contributed by atoms with Gasteiger partial charge in [0.05, 0.1) is 5.69 Å². The van der Waals surface area contributed by atoms with Gasteiger partial charge in [0.25, 0.3) is 0 Å². The summed E-state index contributed by atoms with van der Waals surface area (Å²) >= 11 is 0. The van der Waals surface area contributed by atoms with Gasteiger partial charge in [0, 0.05) is 25.2 Å². The summed E-state index contributed by atoms with van der Waals surface area (Å²) in [6.07, 6.45) is 0.899. The molecule has 0 fully saturated rings. The minimum absolute atomic E-state index is 0.204. The van der Waals surface area contributed by atoms with E-state index in [1.54, 1.807) is 0 Å². The van der Waals surface area contributed by atoms with E-state index in [2.05, 4.69) is 25.0 Å². The highest BCUT2D eigenvalue weighted by molar-refractivity contribution is 5.14. The molecule has 1 aromatic rings. The Kier molecular flexibility index (Phi) is 3.09. The number of hydrogen-bond acceptors (Lipinski definition) is 2. The van der Waals surface area contributed by atoms with Crippen molar-refractivity contribution in [2.75, 3.05) is 0 Å². The second-order valence-corrected chi connectivity index (χ2v) is 4.02. The standard InChI is InChI=1S/C10H19N3/c1-7(2)10-6-9(5-8(3)11)13(4)12-10/h6-8H,5,11H2,1-4H3. The van der Waals surface area contributed by atoms with Crippen molar-refractivity contribution < 1.29 is 0 Å². The van der Waals surface area contributed by atoms with Crippen LogP contribution in [-0.2, 0) is 13.5 Å². The first-order valence-corrected chi connectivity index (χ1v) is 4.79. The number of nitrogens with two attached hydrogens (primary N) is 1. The first-order valence-electron chi connectivity index (χ1n) is 4.79. The maximum Gasteiger partial charge on any atom is 0.0652 e. The molecule has 3 nitrogen and oxygen atoms in total. The van der Waals surface area contributed by atoms with E-state index in [1.165, 1.54) is 5.69 Å². The van der Waals surface area contributed by atoms with Crippen molar-refractivity contribution in [1.82, 2.24) is 9.78 Å². The van der Waals surface area contributed by atoms with E-state index >= 15 is 0 Å². The van der Waals surface area contributed by atoms with Gasteiger partial charge in [-0.3, -0.25) is 4.68 Å². The number of aryl methyl sites for hydroxylation is 1. The van der Waals surface area contributed by atoms with Gasteiger partial charge >= 0.3 is 0 Å². The molecule has 1 atom stereocenters. The Balaban J connectivity index is 2.83. The highest BCUT2D eigenvalue weighted by Crippen LogP contribution is 2.14. The molecule has 0 saturated heterocycles. The average molecular weight is 181 g/mol. The Morgan fingerprint density at radius 1 is 1.46 bits per heavy atom. The highest BCUT2D eigenvalue weighted by Gasteiger charge is 2.08. The van der Waals surface area contributed by atoms with Crippen LogP contribution in [-0.4, -0.2) is 15.8 Å². The third-order valence-electron chi connectivity index (χ3n) is 2.12. The number of hydrogen-bond donors (Lipinski definition) is 1. The molecule has 0 spiro atoms. The molecular formula is C10H19N3. The van der Waals surface area contributed by atoms with Gasteiger partial charge in [-0.05, 0) is 18.9 Å². The Morgan fingerprint density at radius 3 is 2.46 bits per heavy atom. The third kappa shape index (κ3) is 2.56. The predicted octanol–water partition coefficient (Wildman–Crippen LogP) is 1.43. The van der Waals surface area contributed by atoms with E-state index in [0.29, 0.717) is 5.92 Å². The van der Waals surface area contributed by atoms with Crippen LogP contribution in [0.15, 0.2) is 6.07 Å². The Hall–Kier alpha value is -0.830. The molecule has 3 heteroatoms. The number of rotatable bonds is 3. The van der Waals surface area contributed by atoms with Crippen LogP contribution in [0.5, 0.6) is 0 Å². The van der Waals surface area contributed by atoms with E-state index < -0.39 is 0 Å². The van der Waals surface area contributed by atoms with E-state index in [-0.39, 0.29) is 6.04 Å². The van der Waals surface area contributed by atoms with E-state index in [1.807, 2.05) is 18.7 Å². The molecule has 0 saturated carbocycles. The second-order valence-electron chi connectivity index (χ2n) is 4.02. The van der Waals surface area contributed by atoms with Gasteiger partial charge < -0.3 is 5.73 Å². The minimum Gasteiger partial charge on any atom is -0.328 e. The van der Waals surface area contributed by atoms with Crippen molar-refractivity contribution in [2.24, 2.45) is 12.8 Å². The van der Waals surface area contributed by atoms with Crippen LogP contribution >= 0.6 is 0 Å². The number of aromatic nitrogens is 2. The van der Waals surface area contributed by atoms with Crippen molar-refractivity contribution in [3.8, 4) is 0 Å². The summed E-state index contributed by atoms with van der Waals surface area (Å²) in [7, 11) is 1.98. The molecule has 1 aromatic heterocycles. The van der Waals surface area contributed by atoms with Crippen LogP contribution in [0, 0.1) is 0 Å². The van der Waals surface area contributed by atoms with Crippen LogP contribution in [0.25, 0.3) is 0 Å². The maximum absolute atomic E-state index is 5.74. The van der Waals surface area contributed by atoms with E-state index in [9.17, 15) is 0 Å². The molecule has 1 rings (SSSR count). The average Bonchev–Trinajstić information content (AvgIpc) is 2.31. The van der Waals surface area contributed by atoms with Crippen LogP contribution in [0.3, 0.4) is 0 Å². The fraction of sp³-hybridized carbons (Fsp3) is 0.700. The van der Waals surface area contributed by atoms with Gasteiger partial charge in [0.1, 0.15) is 0 Å². The molecule has 74 valence electrons. The van der Waals surface area contributed by atoms with E-state index in [4.69, 9.17) is 5.73 Å². The molecule has 1 heterocycles. The van der Waals surface area contributed by atoms with Crippen LogP contribution < -0.4 is 5.73 Å². The van der Waals surface area contributed by atoms with Gasteiger partial charge in [-0.15, -0.1) is 0 Å². The Bertz CT molecular complexity index is 274. The van der Waals surface area contributed by atoms with E-state index in [0.717, 1.165) is 12.1 Å². The zero-order valence-corrected chi connectivity index (χ0v) is 8.91. The van der Waals surface area contributed by atoms with Crippen molar-refractivity contribution in [3.63, 3.8) is 0 Å². The lowest BCUT2D eigenvalue weighted by molar-refractivity contribution is 0.640. The molecule has 0 radical (unpaired) electrons. The summed E-state index contributed by atoms with van der Waals surface area (Å²) in [5.41, 5.74) is 8.11. The van der Waals surface area contributed by atoms with Crippen LogP contribution in [0.4, 0.5) is 0 Å². The third-order valence-corrected chi connectivity index (χ3v) is 2.12. The summed E-state index contributed by atoms with van der Waals surface area (Å²) in [6, 6.07) is 2.35. The Morgan fingerprint density at radius 2 is 2.08 bits per heavy atom. The first kappa shape index (κ1) is 10.3. The maximum atomic E-state index is 5.74. The monoisotopic (exact) mass is 181 g/mol. The summed E-state index contributed by atoms with van der Waals surface area (Å²) < 4.78 is 1.93. The minimum atomic E-state index is 0.204. The quantitative estimate of drug-likeness (QED) is 0.766. The van der Waals surface area contributed by atoms with Crippen LogP contribution in [0.2, 0.25) is 0 Å². The fourth-order valence-electron chi connectivity index (χ4n) is 1.33. The lowest BCUT2D eigenvalue weighted by Gasteiger charge is -2.03. The molecule has 13 heavy (non-hydrogen) atoms. The molecule has 2 N–H and O–H groups in total. The highest BCUT2D eigenvalue weighted by atomic mass is 15.3. The zero-order chi connectivity index (χ0) is 10.0. The molecule has 0 bridgehead atoms. The van der Waals surface area contributed by atoms with Crippen LogP contribution in [0.1, 0.15) is 38.1 Å². The summed E-state index contributed by atoms with van der Waals surface area (Å²) in [5.74, 6) is 0.494. The van der Waals surface area contributed by atoms with Crippen molar-refractivity contribution in [3.05, 3.63) is 17.5 Å². The van der Waals surface area contributed by atoms with Gasteiger partial charge in [0.2, 0.25) is 0 Å². The SMILES string of the molecule is CC(N)Cc1cc(C(C)C)nn1C. The fourth-order valence-corrected chi connectivity index (χ4v) is 1.33. The molecule has 0 aliphatic carbocycles.